The van der Waals surface area contributed by atoms with Gasteiger partial charge in [-0.25, -0.2) is 9.37 Å². The molecule has 1 aromatic heterocycles. The first kappa shape index (κ1) is 21.3. The van der Waals surface area contributed by atoms with Gasteiger partial charge in [0, 0.05) is 23.4 Å². The Hall–Kier alpha value is -3.46. The van der Waals surface area contributed by atoms with E-state index >= 15 is 0 Å². The van der Waals surface area contributed by atoms with Crippen LogP contribution in [0, 0.1) is 5.82 Å². The summed E-state index contributed by atoms with van der Waals surface area (Å²) in [4.78, 5) is 28.8. The highest BCUT2D eigenvalue weighted by atomic mass is 32.1. The van der Waals surface area contributed by atoms with Crippen molar-refractivity contribution in [3.63, 3.8) is 0 Å². The maximum absolute atomic E-state index is 13.0. The van der Waals surface area contributed by atoms with E-state index in [4.69, 9.17) is 9.47 Å². The van der Waals surface area contributed by atoms with Crippen LogP contribution in [0.1, 0.15) is 22.5 Å². The van der Waals surface area contributed by atoms with E-state index in [0.717, 1.165) is 0 Å². The number of hydrogen-bond donors (Lipinski definition) is 2. The van der Waals surface area contributed by atoms with Crippen LogP contribution in [0.2, 0.25) is 0 Å². The van der Waals surface area contributed by atoms with E-state index in [9.17, 15) is 14.0 Å². The number of nitrogens with zero attached hydrogens (tertiary/aromatic N) is 1. The first-order valence-corrected chi connectivity index (χ1v) is 9.89. The fraction of sp³-hybridized carbons (Fsp3) is 0.190. The monoisotopic (exact) mass is 429 g/mol. The van der Waals surface area contributed by atoms with E-state index in [1.54, 1.807) is 30.7 Å². The zero-order valence-electron chi connectivity index (χ0n) is 16.4. The van der Waals surface area contributed by atoms with Crippen LogP contribution in [-0.4, -0.2) is 31.0 Å². The van der Waals surface area contributed by atoms with Gasteiger partial charge in [0.15, 0.2) is 5.13 Å². The number of nitrogens with one attached hydrogen (secondary N) is 2. The number of carbonyl (C=O) groups excluding carboxylic acids is 2. The van der Waals surface area contributed by atoms with E-state index in [2.05, 4.69) is 15.6 Å². The third-order valence-corrected chi connectivity index (χ3v) is 4.97. The molecule has 2 amide bonds. The highest BCUT2D eigenvalue weighted by molar-refractivity contribution is 7.14. The molecule has 30 heavy (non-hydrogen) atoms. The molecular formula is C21H20FN3O4S. The number of thiazole rings is 1. The van der Waals surface area contributed by atoms with E-state index in [0.29, 0.717) is 40.0 Å². The van der Waals surface area contributed by atoms with Crippen LogP contribution in [0.15, 0.2) is 47.8 Å². The first-order chi connectivity index (χ1) is 14.5. The van der Waals surface area contributed by atoms with Gasteiger partial charge in [0.2, 0.25) is 5.91 Å². The van der Waals surface area contributed by atoms with Gasteiger partial charge in [-0.3, -0.25) is 14.9 Å². The SMILES string of the molecule is COc1ccc(OC)c(NC(=O)CCc2csc(NC(=O)c3ccc(F)cc3)n2)c1. The Morgan fingerprint density at radius 3 is 2.53 bits per heavy atom. The third-order valence-electron chi connectivity index (χ3n) is 4.17. The molecule has 156 valence electrons. The normalized spacial score (nSPS) is 10.4. The van der Waals surface area contributed by atoms with Crippen molar-refractivity contribution < 1.29 is 23.5 Å². The van der Waals surface area contributed by atoms with Crippen LogP contribution in [0.3, 0.4) is 0 Å². The second-order valence-electron chi connectivity index (χ2n) is 6.22. The second-order valence-corrected chi connectivity index (χ2v) is 7.08. The fourth-order valence-electron chi connectivity index (χ4n) is 2.62. The molecule has 0 fully saturated rings. The number of ether oxygens (including phenoxy) is 2. The van der Waals surface area contributed by atoms with Gasteiger partial charge < -0.3 is 14.8 Å². The largest absolute Gasteiger partial charge is 0.497 e. The number of halogens is 1. The Labute approximate surface area is 176 Å². The van der Waals surface area contributed by atoms with E-state index in [-0.39, 0.29) is 18.2 Å². The second kappa shape index (κ2) is 9.84. The van der Waals surface area contributed by atoms with Crippen LogP contribution in [-0.2, 0) is 11.2 Å². The number of aromatic nitrogens is 1. The molecule has 0 aliphatic heterocycles. The van der Waals surface area contributed by atoms with Crippen molar-refractivity contribution in [2.75, 3.05) is 24.9 Å². The maximum atomic E-state index is 13.0. The summed E-state index contributed by atoms with van der Waals surface area (Å²) in [7, 11) is 3.07. The molecule has 0 saturated carbocycles. The zero-order valence-corrected chi connectivity index (χ0v) is 17.2. The number of benzene rings is 2. The lowest BCUT2D eigenvalue weighted by atomic mass is 10.2. The summed E-state index contributed by atoms with van der Waals surface area (Å²) in [6.07, 6.45) is 0.608. The molecule has 0 radical (unpaired) electrons. The van der Waals surface area contributed by atoms with Gasteiger partial charge in [0.05, 0.1) is 25.6 Å². The van der Waals surface area contributed by atoms with Gasteiger partial charge in [0.1, 0.15) is 17.3 Å². The summed E-state index contributed by atoms with van der Waals surface area (Å²) in [6.45, 7) is 0. The Bertz CT molecular complexity index is 1040. The highest BCUT2D eigenvalue weighted by Gasteiger charge is 2.12. The third kappa shape index (κ3) is 5.54. The fourth-order valence-corrected chi connectivity index (χ4v) is 3.36. The number of aryl methyl sites for hydroxylation is 1. The lowest BCUT2D eigenvalue weighted by Gasteiger charge is -2.11. The molecule has 0 aliphatic carbocycles. The van der Waals surface area contributed by atoms with Gasteiger partial charge in [0.25, 0.3) is 5.91 Å². The number of anilines is 2. The van der Waals surface area contributed by atoms with Crippen LogP contribution in [0.4, 0.5) is 15.2 Å². The minimum Gasteiger partial charge on any atom is -0.497 e. The number of methoxy groups -OCH3 is 2. The molecule has 2 N–H and O–H groups in total. The molecule has 0 bridgehead atoms. The van der Waals surface area contributed by atoms with Gasteiger partial charge in [-0.15, -0.1) is 11.3 Å². The zero-order chi connectivity index (χ0) is 21.5. The standard InChI is InChI=1S/C21H20FN3O4S/c1-28-16-8-9-18(29-2)17(11-16)24-19(26)10-7-15-12-30-21(23-15)25-20(27)13-3-5-14(22)6-4-13/h3-6,8-9,11-12H,7,10H2,1-2H3,(H,24,26)(H,23,25,27). The predicted octanol–water partition coefficient (Wildman–Crippen LogP) is 4.12. The average Bonchev–Trinajstić information content (AvgIpc) is 3.20. The summed E-state index contributed by atoms with van der Waals surface area (Å²) >= 11 is 1.26. The van der Waals surface area contributed by atoms with Crippen molar-refractivity contribution in [3.8, 4) is 11.5 Å². The molecule has 9 heteroatoms. The number of rotatable bonds is 8. The van der Waals surface area contributed by atoms with Gasteiger partial charge in [-0.1, -0.05) is 0 Å². The van der Waals surface area contributed by atoms with Crippen molar-refractivity contribution in [1.82, 2.24) is 4.98 Å². The van der Waals surface area contributed by atoms with Crippen LogP contribution >= 0.6 is 11.3 Å². The Balaban J connectivity index is 1.54. The Morgan fingerprint density at radius 1 is 1.07 bits per heavy atom. The smallest absolute Gasteiger partial charge is 0.257 e. The van der Waals surface area contributed by atoms with Crippen molar-refractivity contribution in [2.45, 2.75) is 12.8 Å². The predicted molar refractivity (Wildman–Crippen MR) is 113 cm³/mol. The molecule has 0 saturated heterocycles. The van der Waals surface area contributed by atoms with Crippen molar-refractivity contribution in [2.24, 2.45) is 0 Å². The van der Waals surface area contributed by atoms with Crippen LogP contribution in [0.25, 0.3) is 0 Å². The molecule has 1 heterocycles. The number of amides is 2. The van der Waals surface area contributed by atoms with Crippen molar-refractivity contribution in [1.29, 1.82) is 0 Å². The quantitative estimate of drug-likeness (QED) is 0.562. The summed E-state index contributed by atoms with van der Waals surface area (Å²) in [5.74, 6) is 0.147. The summed E-state index contributed by atoms with van der Waals surface area (Å²) in [6, 6.07) is 10.4. The van der Waals surface area contributed by atoms with Crippen LogP contribution < -0.4 is 20.1 Å². The molecule has 7 nitrogen and oxygen atoms in total. The topological polar surface area (TPSA) is 89.5 Å². The lowest BCUT2D eigenvalue weighted by Crippen LogP contribution is -2.13. The molecule has 3 aromatic rings. The molecule has 3 rings (SSSR count). The maximum Gasteiger partial charge on any atom is 0.257 e. The minimum atomic E-state index is -0.409. The Kier molecular flexibility index (Phi) is 6.97. The van der Waals surface area contributed by atoms with E-state index in [1.165, 1.54) is 42.7 Å². The van der Waals surface area contributed by atoms with Gasteiger partial charge in [-0.05, 0) is 42.8 Å². The molecule has 0 atom stereocenters. The molecule has 2 aromatic carbocycles. The van der Waals surface area contributed by atoms with Crippen molar-refractivity contribution in [3.05, 3.63) is 64.9 Å². The lowest BCUT2D eigenvalue weighted by molar-refractivity contribution is -0.116. The molecule has 0 aliphatic rings. The minimum absolute atomic E-state index is 0.202. The molecule has 0 unspecified atom stereocenters. The first-order valence-electron chi connectivity index (χ1n) is 9.01. The Morgan fingerprint density at radius 2 is 1.83 bits per heavy atom. The molecular weight excluding hydrogens is 409 g/mol. The number of carbonyl (C=O) groups is 2. The van der Waals surface area contributed by atoms with E-state index < -0.39 is 5.82 Å². The summed E-state index contributed by atoms with van der Waals surface area (Å²) in [5.41, 5.74) is 1.54. The number of hydrogen-bond acceptors (Lipinski definition) is 6. The molecule has 0 spiro atoms. The van der Waals surface area contributed by atoms with Crippen LogP contribution in [0.5, 0.6) is 11.5 Å². The van der Waals surface area contributed by atoms with Gasteiger partial charge >= 0.3 is 0 Å². The highest BCUT2D eigenvalue weighted by Crippen LogP contribution is 2.29. The van der Waals surface area contributed by atoms with Crippen molar-refractivity contribution >= 4 is 34.0 Å². The van der Waals surface area contributed by atoms with Gasteiger partial charge in [-0.2, -0.15) is 0 Å². The summed E-state index contributed by atoms with van der Waals surface area (Å²) < 4.78 is 23.4. The average molecular weight is 429 g/mol. The van der Waals surface area contributed by atoms with E-state index in [1.807, 2.05) is 0 Å². The summed E-state index contributed by atoms with van der Waals surface area (Å²) in [5, 5.41) is 7.66.